The molecule has 7 heteroatoms. The van der Waals surface area contributed by atoms with E-state index in [0.717, 1.165) is 6.07 Å². The molecule has 0 bridgehead atoms. The van der Waals surface area contributed by atoms with Crippen LogP contribution in [0.2, 0.25) is 5.15 Å². The van der Waals surface area contributed by atoms with E-state index in [-0.39, 0.29) is 10.9 Å². The lowest BCUT2D eigenvalue weighted by Crippen LogP contribution is -2.15. The maximum absolute atomic E-state index is 13.0. The third-order valence-electron chi connectivity index (χ3n) is 2.35. The van der Waals surface area contributed by atoms with Crippen molar-refractivity contribution in [2.75, 3.05) is 0 Å². The zero-order valence-corrected chi connectivity index (χ0v) is 9.38. The molecule has 0 radical (unpaired) electrons. The molecule has 18 heavy (non-hydrogen) atoms. The Morgan fingerprint density at radius 3 is 2.44 bits per heavy atom. The van der Waals surface area contributed by atoms with E-state index >= 15 is 0 Å². The van der Waals surface area contributed by atoms with Gasteiger partial charge < -0.3 is 5.11 Å². The second-order valence-corrected chi connectivity index (χ2v) is 3.83. The summed E-state index contributed by atoms with van der Waals surface area (Å²) in [6, 6.07) is 5.36. The number of carboxylic acid groups (broad SMARTS) is 1. The van der Waals surface area contributed by atoms with Gasteiger partial charge >= 0.3 is 12.1 Å². The molecule has 0 aliphatic heterocycles. The molecule has 1 N–H and O–H groups in total. The minimum atomic E-state index is -4.82. The van der Waals surface area contributed by atoms with Crippen LogP contribution in [0.3, 0.4) is 0 Å². The Hall–Kier alpha value is -1.82. The molecule has 0 fully saturated rings. The maximum Gasteiger partial charge on any atom is 0.418 e. The van der Waals surface area contributed by atoms with Crippen LogP contribution < -0.4 is 0 Å². The summed E-state index contributed by atoms with van der Waals surface area (Å²) >= 11 is 5.52. The number of carbonyl (C=O) groups is 1. The van der Waals surface area contributed by atoms with Gasteiger partial charge in [-0.05, 0) is 6.07 Å². The van der Waals surface area contributed by atoms with E-state index in [0.29, 0.717) is 0 Å². The summed E-state index contributed by atoms with van der Waals surface area (Å²) in [5, 5.41) is 7.89. The van der Waals surface area contributed by atoms with Crippen LogP contribution in [0.4, 0.5) is 13.2 Å². The van der Waals surface area contributed by atoms with Gasteiger partial charge in [-0.2, -0.15) is 13.2 Å². The number of aromatic carboxylic acids is 1. The lowest BCUT2D eigenvalue weighted by Gasteiger charge is -2.14. The summed E-state index contributed by atoms with van der Waals surface area (Å²) in [4.78, 5) is 14.6. The first kappa shape index (κ1) is 12.6. The number of pyridine rings is 1. The average Bonchev–Trinajstić information content (AvgIpc) is 2.25. The van der Waals surface area contributed by atoms with Crippen LogP contribution in [-0.2, 0) is 6.18 Å². The van der Waals surface area contributed by atoms with E-state index in [1.807, 2.05) is 0 Å². The van der Waals surface area contributed by atoms with E-state index in [2.05, 4.69) is 4.98 Å². The summed E-state index contributed by atoms with van der Waals surface area (Å²) in [6.07, 6.45) is -4.82. The number of alkyl halides is 3. The van der Waals surface area contributed by atoms with Crippen molar-refractivity contribution in [3.05, 3.63) is 40.5 Å². The number of halogens is 4. The highest BCUT2D eigenvalue weighted by Gasteiger charge is 2.39. The van der Waals surface area contributed by atoms with Crippen LogP contribution in [0.25, 0.3) is 10.9 Å². The topological polar surface area (TPSA) is 50.2 Å². The SMILES string of the molecule is O=C(O)c1c(Cl)nc2ccccc2c1C(F)(F)F. The van der Waals surface area contributed by atoms with Crippen LogP contribution in [0.15, 0.2) is 24.3 Å². The van der Waals surface area contributed by atoms with Crippen molar-refractivity contribution in [2.45, 2.75) is 6.18 Å². The van der Waals surface area contributed by atoms with Gasteiger partial charge in [0.2, 0.25) is 0 Å². The number of rotatable bonds is 1. The first-order valence-corrected chi connectivity index (χ1v) is 5.09. The molecule has 1 aromatic carbocycles. The highest BCUT2D eigenvalue weighted by Crippen LogP contribution is 2.39. The molecule has 1 aromatic heterocycles. The first-order valence-electron chi connectivity index (χ1n) is 4.71. The number of hydrogen-bond donors (Lipinski definition) is 1. The quantitative estimate of drug-likeness (QED) is 0.809. The van der Waals surface area contributed by atoms with Crippen molar-refractivity contribution in [1.29, 1.82) is 0 Å². The molecule has 0 amide bonds. The lowest BCUT2D eigenvalue weighted by molar-refractivity contribution is -0.136. The van der Waals surface area contributed by atoms with Gasteiger partial charge in [0.25, 0.3) is 0 Å². The zero-order chi connectivity index (χ0) is 13.5. The van der Waals surface area contributed by atoms with Crippen molar-refractivity contribution in [1.82, 2.24) is 4.98 Å². The van der Waals surface area contributed by atoms with Gasteiger partial charge in [0, 0.05) is 5.39 Å². The fourth-order valence-electron chi connectivity index (χ4n) is 1.67. The Morgan fingerprint density at radius 2 is 1.89 bits per heavy atom. The van der Waals surface area contributed by atoms with Crippen molar-refractivity contribution in [3.8, 4) is 0 Å². The Kier molecular flexibility index (Phi) is 2.90. The van der Waals surface area contributed by atoms with E-state index in [9.17, 15) is 18.0 Å². The van der Waals surface area contributed by atoms with E-state index in [4.69, 9.17) is 16.7 Å². The smallest absolute Gasteiger partial charge is 0.418 e. The van der Waals surface area contributed by atoms with Gasteiger partial charge in [0.15, 0.2) is 0 Å². The number of nitrogens with zero attached hydrogens (tertiary/aromatic N) is 1. The number of carboxylic acids is 1. The van der Waals surface area contributed by atoms with Crippen molar-refractivity contribution < 1.29 is 23.1 Å². The lowest BCUT2D eigenvalue weighted by atomic mass is 10.0. The molecule has 0 aliphatic rings. The Labute approximate surface area is 104 Å². The largest absolute Gasteiger partial charge is 0.478 e. The maximum atomic E-state index is 13.0. The zero-order valence-electron chi connectivity index (χ0n) is 8.62. The molecular weight excluding hydrogens is 271 g/mol. The molecule has 3 nitrogen and oxygen atoms in total. The molecule has 94 valence electrons. The van der Waals surface area contributed by atoms with Crippen LogP contribution in [0.1, 0.15) is 15.9 Å². The van der Waals surface area contributed by atoms with Crippen LogP contribution in [-0.4, -0.2) is 16.1 Å². The van der Waals surface area contributed by atoms with Gasteiger partial charge in [-0.25, -0.2) is 9.78 Å². The molecular formula is C11H5ClF3NO2. The van der Waals surface area contributed by atoms with Gasteiger partial charge in [0.05, 0.1) is 11.1 Å². The Bertz CT molecular complexity index is 640. The molecule has 2 aromatic rings. The summed E-state index contributed by atoms with van der Waals surface area (Å²) in [6.45, 7) is 0. The van der Waals surface area contributed by atoms with E-state index < -0.39 is 28.4 Å². The van der Waals surface area contributed by atoms with Gasteiger partial charge in [0.1, 0.15) is 10.7 Å². The van der Waals surface area contributed by atoms with Crippen LogP contribution >= 0.6 is 11.6 Å². The van der Waals surface area contributed by atoms with E-state index in [1.54, 1.807) is 0 Å². The molecule has 2 rings (SSSR count). The predicted molar refractivity (Wildman–Crippen MR) is 58.7 cm³/mol. The van der Waals surface area contributed by atoms with Gasteiger partial charge in [-0.1, -0.05) is 29.8 Å². The third-order valence-corrected chi connectivity index (χ3v) is 2.62. The minimum Gasteiger partial charge on any atom is -0.478 e. The number of para-hydroxylation sites is 1. The highest BCUT2D eigenvalue weighted by atomic mass is 35.5. The molecule has 0 spiro atoms. The number of fused-ring (bicyclic) bond motifs is 1. The first-order chi connectivity index (χ1) is 8.32. The third kappa shape index (κ3) is 1.99. The monoisotopic (exact) mass is 275 g/mol. The van der Waals surface area contributed by atoms with Gasteiger partial charge in [-0.15, -0.1) is 0 Å². The summed E-state index contributed by atoms with van der Waals surface area (Å²) < 4.78 is 38.9. The fourth-order valence-corrected chi connectivity index (χ4v) is 1.94. The average molecular weight is 276 g/mol. The molecule has 0 saturated carbocycles. The van der Waals surface area contributed by atoms with E-state index in [1.165, 1.54) is 18.2 Å². The second-order valence-electron chi connectivity index (χ2n) is 3.47. The van der Waals surface area contributed by atoms with Crippen molar-refractivity contribution in [2.24, 2.45) is 0 Å². The van der Waals surface area contributed by atoms with Crippen molar-refractivity contribution in [3.63, 3.8) is 0 Å². The van der Waals surface area contributed by atoms with Gasteiger partial charge in [-0.3, -0.25) is 0 Å². The summed E-state index contributed by atoms with van der Waals surface area (Å²) in [5.74, 6) is -1.76. The van der Waals surface area contributed by atoms with Crippen LogP contribution in [0, 0.1) is 0 Å². The highest BCUT2D eigenvalue weighted by molar-refractivity contribution is 6.33. The molecule has 0 atom stereocenters. The molecule has 0 saturated heterocycles. The molecule has 0 unspecified atom stereocenters. The molecule has 1 heterocycles. The standard InChI is InChI=1S/C11H5ClF3NO2/c12-9-7(10(17)18)8(11(13,14)15)5-3-1-2-4-6(5)16-9/h1-4H,(H,17,18). The minimum absolute atomic E-state index is 0.000162. The summed E-state index contributed by atoms with van der Waals surface area (Å²) in [5.41, 5.74) is -2.30. The number of benzene rings is 1. The Morgan fingerprint density at radius 1 is 1.28 bits per heavy atom. The number of hydrogen-bond acceptors (Lipinski definition) is 2. The van der Waals surface area contributed by atoms with Crippen LogP contribution in [0.5, 0.6) is 0 Å². The predicted octanol–water partition coefficient (Wildman–Crippen LogP) is 3.61. The number of aromatic nitrogens is 1. The Balaban J connectivity index is 2.99. The molecule has 0 aliphatic carbocycles. The fraction of sp³-hybridized carbons (Fsp3) is 0.0909. The second kappa shape index (κ2) is 4.13. The summed E-state index contributed by atoms with van der Waals surface area (Å²) in [7, 11) is 0. The van der Waals surface area contributed by atoms with Crippen molar-refractivity contribution >= 4 is 28.5 Å². The normalized spacial score (nSPS) is 11.8.